The molecule has 1 nitrogen and oxygen atoms in total. The van der Waals surface area contributed by atoms with Gasteiger partial charge in [0.15, 0.2) is 0 Å². The second-order valence-corrected chi connectivity index (χ2v) is 5.22. The van der Waals surface area contributed by atoms with Crippen LogP contribution in [0.5, 0.6) is 0 Å². The molecule has 0 aliphatic heterocycles. The Morgan fingerprint density at radius 1 is 1.36 bits per heavy atom. The number of fused-ring (bicyclic) bond motifs is 2. The maximum atomic E-state index is 6.32. The molecular weight excluding hydrogens is 134 g/mol. The Kier molecular flexibility index (Phi) is 1.26. The summed E-state index contributed by atoms with van der Waals surface area (Å²) in [4.78, 5) is 0. The van der Waals surface area contributed by atoms with Crippen LogP contribution in [0, 0.1) is 17.3 Å². The molecule has 2 N–H and O–H groups in total. The van der Waals surface area contributed by atoms with Crippen molar-refractivity contribution in [1.82, 2.24) is 0 Å². The van der Waals surface area contributed by atoms with Crippen molar-refractivity contribution in [2.24, 2.45) is 23.0 Å². The van der Waals surface area contributed by atoms with Crippen LogP contribution in [-0.2, 0) is 0 Å². The molecule has 0 aromatic carbocycles. The van der Waals surface area contributed by atoms with Crippen LogP contribution in [-0.4, -0.2) is 5.54 Å². The van der Waals surface area contributed by atoms with Gasteiger partial charge in [-0.25, -0.2) is 0 Å². The molecule has 2 bridgehead atoms. The Balaban J connectivity index is 2.34. The van der Waals surface area contributed by atoms with Crippen LogP contribution in [0.15, 0.2) is 0 Å². The van der Waals surface area contributed by atoms with E-state index in [0.29, 0.717) is 11.3 Å². The van der Waals surface area contributed by atoms with Crippen LogP contribution in [0.4, 0.5) is 0 Å². The summed E-state index contributed by atoms with van der Waals surface area (Å²) in [5.41, 5.74) is 7.03. The second-order valence-electron chi connectivity index (χ2n) is 5.22. The smallest absolute Gasteiger partial charge is 0.0188 e. The average Bonchev–Trinajstić information content (AvgIpc) is 2.36. The highest BCUT2D eigenvalue weighted by molar-refractivity contribution is 5.11. The van der Waals surface area contributed by atoms with E-state index in [9.17, 15) is 0 Å². The summed E-state index contributed by atoms with van der Waals surface area (Å²) in [6.45, 7) is 7.10. The topological polar surface area (TPSA) is 26.0 Å². The summed E-state index contributed by atoms with van der Waals surface area (Å²) < 4.78 is 0. The number of nitrogens with two attached hydrogens (primary N) is 1. The van der Waals surface area contributed by atoms with E-state index in [0.717, 1.165) is 5.92 Å². The van der Waals surface area contributed by atoms with Crippen molar-refractivity contribution in [1.29, 1.82) is 0 Å². The van der Waals surface area contributed by atoms with Gasteiger partial charge in [-0.1, -0.05) is 20.8 Å². The number of hydrogen-bond donors (Lipinski definition) is 1. The fourth-order valence-electron chi connectivity index (χ4n) is 3.23. The molecule has 3 atom stereocenters. The third-order valence-electron chi connectivity index (χ3n) is 4.62. The molecule has 2 aliphatic rings. The molecule has 64 valence electrons. The maximum Gasteiger partial charge on any atom is 0.0188 e. The van der Waals surface area contributed by atoms with Crippen LogP contribution in [0.2, 0.25) is 0 Å². The van der Waals surface area contributed by atoms with E-state index in [1.165, 1.54) is 19.3 Å². The average molecular weight is 153 g/mol. The third-order valence-corrected chi connectivity index (χ3v) is 4.62. The van der Waals surface area contributed by atoms with Crippen molar-refractivity contribution >= 4 is 0 Å². The van der Waals surface area contributed by atoms with Gasteiger partial charge in [0.1, 0.15) is 0 Å². The van der Waals surface area contributed by atoms with Crippen molar-refractivity contribution in [3.63, 3.8) is 0 Å². The predicted molar refractivity (Wildman–Crippen MR) is 47.2 cm³/mol. The van der Waals surface area contributed by atoms with Gasteiger partial charge in [0.25, 0.3) is 0 Å². The van der Waals surface area contributed by atoms with Gasteiger partial charge in [-0.15, -0.1) is 0 Å². The second kappa shape index (κ2) is 1.82. The van der Waals surface area contributed by atoms with Gasteiger partial charge >= 0.3 is 0 Å². The lowest BCUT2D eigenvalue weighted by Crippen LogP contribution is -2.46. The van der Waals surface area contributed by atoms with Crippen molar-refractivity contribution < 1.29 is 0 Å². The largest absolute Gasteiger partial charge is 0.325 e. The monoisotopic (exact) mass is 153 g/mol. The molecule has 0 aromatic rings. The van der Waals surface area contributed by atoms with Gasteiger partial charge in [0, 0.05) is 5.54 Å². The maximum absolute atomic E-state index is 6.32. The minimum atomic E-state index is 0.203. The molecule has 2 rings (SSSR count). The molecule has 2 aliphatic carbocycles. The zero-order chi connectivity index (χ0) is 8.28. The van der Waals surface area contributed by atoms with E-state index >= 15 is 0 Å². The van der Waals surface area contributed by atoms with E-state index < -0.39 is 0 Å². The van der Waals surface area contributed by atoms with Crippen LogP contribution in [0.25, 0.3) is 0 Å². The first-order valence-electron chi connectivity index (χ1n) is 4.76. The van der Waals surface area contributed by atoms with Gasteiger partial charge in [-0.3, -0.25) is 0 Å². The van der Waals surface area contributed by atoms with Crippen molar-refractivity contribution in [3.8, 4) is 0 Å². The lowest BCUT2D eigenvalue weighted by atomic mass is 9.68. The van der Waals surface area contributed by atoms with Gasteiger partial charge < -0.3 is 5.73 Å². The fourth-order valence-corrected chi connectivity index (χ4v) is 3.23. The van der Waals surface area contributed by atoms with Crippen LogP contribution in [0.3, 0.4) is 0 Å². The first kappa shape index (κ1) is 7.60. The van der Waals surface area contributed by atoms with E-state index in [4.69, 9.17) is 5.73 Å². The SMILES string of the molecule is CC1C(C)(C)[C@@H]2CC[C@@]1(N)C2. The summed E-state index contributed by atoms with van der Waals surface area (Å²) in [5.74, 6) is 1.62. The summed E-state index contributed by atoms with van der Waals surface area (Å²) in [6.07, 6.45) is 3.91. The molecule has 2 fully saturated rings. The Bertz CT molecular complexity index is 181. The molecule has 1 heteroatoms. The molecule has 0 aromatic heterocycles. The van der Waals surface area contributed by atoms with E-state index in [2.05, 4.69) is 20.8 Å². The van der Waals surface area contributed by atoms with Gasteiger partial charge in [0.05, 0.1) is 0 Å². The van der Waals surface area contributed by atoms with E-state index in [1.807, 2.05) is 0 Å². The summed E-state index contributed by atoms with van der Waals surface area (Å²) in [7, 11) is 0. The van der Waals surface area contributed by atoms with Crippen molar-refractivity contribution in [2.45, 2.75) is 45.6 Å². The minimum Gasteiger partial charge on any atom is -0.325 e. The number of rotatable bonds is 0. The van der Waals surface area contributed by atoms with Crippen LogP contribution in [0.1, 0.15) is 40.0 Å². The third kappa shape index (κ3) is 0.752. The zero-order valence-electron chi connectivity index (χ0n) is 7.85. The Hall–Kier alpha value is -0.0400. The molecule has 0 saturated heterocycles. The van der Waals surface area contributed by atoms with Crippen LogP contribution >= 0.6 is 0 Å². The minimum absolute atomic E-state index is 0.203. The standard InChI is InChI=1S/C10H19N/c1-7-9(2,3)8-4-5-10(7,11)6-8/h7-8H,4-6,11H2,1-3H3/t7?,8-,10-/m1/s1. The van der Waals surface area contributed by atoms with E-state index in [-0.39, 0.29) is 5.54 Å². The molecule has 0 heterocycles. The first-order chi connectivity index (χ1) is 4.97. The highest BCUT2D eigenvalue weighted by atomic mass is 14.8. The number of hydrogen-bond acceptors (Lipinski definition) is 1. The Morgan fingerprint density at radius 3 is 2.27 bits per heavy atom. The molecule has 1 unspecified atom stereocenters. The van der Waals surface area contributed by atoms with E-state index in [1.54, 1.807) is 0 Å². The summed E-state index contributed by atoms with van der Waals surface area (Å²) in [6, 6.07) is 0. The lowest BCUT2D eigenvalue weighted by Gasteiger charge is -2.40. The summed E-state index contributed by atoms with van der Waals surface area (Å²) in [5, 5.41) is 0. The Labute approximate surface area is 69.4 Å². The molecular formula is C10H19N. The molecule has 0 spiro atoms. The van der Waals surface area contributed by atoms with Crippen LogP contribution < -0.4 is 5.73 Å². The quantitative estimate of drug-likeness (QED) is 0.567. The van der Waals surface area contributed by atoms with Crippen molar-refractivity contribution in [2.75, 3.05) is 0 Å². The Morgan fingerprint density at radius 2 is 2.00 bits per heavy atom. The summed E-state index contributed by atoms with van der Waals surface area (Å²) >= 11 is 0. The fraction of sp³-hybridized carbons (Fsp3) is 1.00. The predicted octanol–water partition coefficient (Wildman–Crippen LogP) is 2.16. The van der Waals surface area contributed by atoms with Gasteiger partial charge in [0.2, 0.25) is 0 Å². The highest BCUT2D eigenvalue weighted by Crippen LogP contribution is 2.59. The normalized spacial score (nSPS) is 53.5. The van der Waals surface area contributed by atoms with Gasteiger partial charge in [-0.05, 0) is 36.5 Å². The first-order valence-corrected chi connectivity index (χ1v) is 4.76. The molecule has 11 heavy (non-hydrogen) atoms. The highest BCUT2D eigenvalue weighted by Gasteiger charge is 2.57. The lowest BCUT2D eigenvalue weighted by molar-refractivity contribution is 0.123. The van der Waals surface area contributed by atoms with Gasteiger partial charge in [-0.2, -0.15) is 0 Å². The zero-order valence-corrected chi connectivity index (χ0v) is 7.85. The molecule has 0 radical (unpaired) electrons. The van der Waals surface area contributed by atoms with Crippen molar-refractivity contribution in [3.05, 3.63) is 0 Å². The molecule has 2 saturated carbocycles. The molecule has 0 amide bonds.